The fourth-order valence-corrected chi connectivity index (χ4v) is 3.02. The van der Waals surface area contributed by atoms with Crippen molar-refractivity contribution in [1.29, 1.82) is 0 Å². The summed E-state index contributed by atoms with van der Waals surface area (Å²) in [6, 6.07) is 7.00. The van der Waals surface area contributed by atoms with E-state index in [1.807, 2.05) is 11.3 Å². The van der Waals surface area contributed by atoms with Crippen molar-refractivity contribution in [2.24, 2.45) is 0 Å². The molecule has 0 radical (unpaired) electrons. The fraction of sp³-hybridized carbons (Fsp3) is 0.529. The molecule has 1 N–H and O–H groups in total. The maximum atomic E-state index is 5.92. The summed E-state index contributed by atoms with van der Waals surface area (Å²) in [4.78, 5) is 3.81. The normalized spacial score (nSPS) is 11.7. The Bertz CT molecular complexity index is 531. The number of nitrogens with zero attached hydrogens (tertiary/aromatic N) is 1. The Labute approximate surface area is 132 Å². The van der Waals surface area contributed by atoms with E-state index in [0.717, 1.165) is 37.7 Å². The zero-order chi connectivity index (χ0) is 15.2. The number of aryl methyl sites for hydroxylation is 1. The van der Waals surface area contributed by atoms with Crippen molar-refractivity contribution in [2.75, 3.05) is 6.54 Å². The minimum Gasteiger partial charge on any atom is -0.465 e. The smallest absolute Gasteiger partial charge is 0.118 e. The molecule has 0 spiro atoms. The highest BCUT2D eigenvalue weighted by Crippen LogP contribution is 2.19. The van der Waals surface area contributed by atoms with Gasteiger partial charge in [0, 0.05) is 29.6 Å². The first-order chi connectivity index (χ1) is 10.1. The SMILES string of the molecule is CCN(Cc1cc(CNC(C)C)c(C)o1)Cc1cccs1. The molecule has 0 aliphatic rings. The molecule has 2 rings (SSSR count). The molecule has 2 aromatic rings. The molecule has 0 bridgehead atoms. The first-order valence-electron chi connectivity index (χ1n) is 7.64. The monoisotopic (exact) mass is 306 g/mol. The van der Waals surface area contributed by atoms with E-state index in [0.29, 0.717) is 6.04 Å². The Balaban J connectivity index is 1.96. The van der Waals surface area contributed by atoms with Crippen molar-refractivity contribution < 1.29 is 4.42 Å². The van der Waals surface area contributed by atoms with Gasteiger partial charge >= 0.3 is 0 Å². The average molecular weight is 306 g/mol. The van der Waals surface area contributed by atoms with E-state index in [1.54, 1.807) is 0 Å². The second-order valence-electron chi connectivity index (χ2n) is 5.71. The molecule has 4 heteroatoms. The number of rotatable bonds is 8. The van der Waals surface area contributed by atoms with Crippen LogP contribution in [0.5, 0.6) is 0 Å². The molecular weight excluding hydrogens is 280 g/mol. The van der Waals surface area contributed by atoms with Gasteiger partial charge in [-0.1, -0.05) is 26.8 Å². The molecule has 0 atom stereocenters. The molecule has 0 saturated carbocycles. The molecule has 21 heavy (non-hydrogen) atoms. The summed E-state index contributed by atoms with van der Waals surface area (Å²) in [5, 5.41) is 5.58. The molecule has 2 heterocycles. The lowest BCUT2D eigenvalue weighted by Gasteiger charge is -2.17. The molecule has 0 saturated heterocycles. The van der Waals surface area contributed by atoms with Gasteiger partial charge in [0.05, 0.1) is 6.54 Å². The van der Waals surface area contributed by atoms with Crippen LogP contribution in [0.1, 0.15) is 42.7 Å². The third kappa shape index (κ3) is 4.99. The Hall–Kier alpha value is -1.10. The van der Waals surface area contributed by atoms with Crippen molar-refractivity contribution >= 4 is 11.3 Å². The van der Waals surface area contributed by atoms with Crippen LogP contribution in [-0.4, -0.2) is 17.5 Å². The second kappa shape index (κ2) is 7.78. The number of furan rings is 1. The van der Waals surface area contributed by atoms with Gasteiger partial charge in [-0.3, -0.25) is 4.90 Å². The summed E-state index contributed by atoms with van der Waals surface area (Å²) >= 11 is 1.81. The topological polar surface area (TPSA) is 28.4 Å². The summed E-state index contributed by atoms with van der Waals surface area (Å²) < 4.78 is 5.92. The van der Waals surface area contributed by atoms with Crippen molar-refractivity contribution in [3.63, 3.8) is 0 Å². The number of nitrogens with one attached hydrogen (secondary N) is 1. The lowest BCUT2D eigenvalue weighted by molar-refractivity contribution is 0.248. The Morgan fingerprint density at radius 3 is 2.76 bits per heavy atom. The lowest BCUT2D eigenvalue weighted by atomic mass is 10.2. The summed E-state index contributed by atoms with van der Waals surface area (Å²) in [5.41, 5.74) is 1.27. The van der Waals surface area contributed by atoms with Crippen LogP contribution in [0.3, 0.4) is 0 Å². The van der Waals surface area contributed by atoms with E-state index < -0.39 is 0 Å². The summed E-state index contributed by atoms with van der Waals surface area (Å²) in [5.74, 6) is 2.09. The molecule has 3 nitrogen and oxygen atoms in total. The Morgan fingerprint density at radius 2 is 2.14 bits per heavy atom. The Morgan fingerprint density at radius 1 is 1.33 bits per heavy atom. The largest absolute Gasteiger partial charge is 0.465 e. The van der Waals surface area contributed by atoms with Crippen LogP contribution in [0.25, 0.3) is 0 Å². The minimum atomic E-state index is 0.494. The maximum absolute atomic E-state index is 5.92. The van der Waals surface area contributed by atoms with Gasteiger partial charge in [-0.2, -0.15) is 0 Å². The highest BCUT2D eigenvalue weighted by molar-refractivity contribution is 7.09. The fourth-order valence-electron chi connectivity index (χ4n) is 2.28. The standard InChI is InChI=1S/C17H26N2OS/c1-5-19(12-17-7-6-8-21-17)11-16-9-15(14(4)20-16)10-18-13(2)3/h6-9,13,18H,5,10-12H2,1-4H3. The van der Waals surface area contributed by atoms with Crippen LogP contribution in [0.4, 0.5) is 0 Å². The van der Waals surface area contributed by atoms with Crippen molar-refractivity contribution in [3.8, 4) is 0 Å². The Kier molecular flexibility index (Phi) is 6.03. The van der Waals surface area contributed by atoms with E-state index in [4.69, 9.17) is 4.42 Å². The summed E-state index contributed by atoms with van der Waals surface area (Å²) in [6.07, 6.45) is 0. The number of hydrogen-bond donors (Lipinski definition) is 1. The molecule has 0 aromatic carbocycles. The van der Waals surface area contributed by atoms with Gasteiger partial charge in [-0.15, -0.1) is 11.3 Å². The molecule has 116 valence electrons. The predicted molar refractivity (Wildman–Crippen MR) is 89.5 cm³/mol. The van der Waals surface area contributed by atoms with Crippen LogP contribution in [0, 0.1) is 6.92 Å². The predicted octanol–water partition coefficient (Wildman–Crippen LogP) is 4.17. The van der Waals surface area contributed by atoms with Gasteiger partial charge in [-0.25, -0.2) is 0 Å². The van der Waals surface area contributed by atoms with Crippen molar-refractivity contribution in [2.45, 2.75) is 53.4 Å². The highest BCUT2D eigenvalue weighted by Gasteiger charge is 2.12. The molecular formula is C17H26N2OS. The van der Waals surface area contributed by atoms with Gasteiger partial charge in [0.2, 0.25) is 0 Å². The molecule has 0 fully saturated rings. The van der Waals surface area contributed by atoms with Crippen LogP contribution in [-0.2, 0) is 19.6 Å². The third-order valence-corrected chi connectivity index (χ3v) is 4.42. The van der Waals surface area contributed by atoms with Gasteiger partial charge in [0.15, 0.2) is 0 Å². The van der Waals surface area contributed by atoms with Crippen LogP contribution < -0.4 is 5.32 Å². The van der Waals surface area contributed by atoms with Crippen LogP contribution >= 0.6 is 11.3 Å². The molecule has 0 aliphatic carbocycles. The first-order valence-corrected chi connectivity index (χ1v) is 8.52. The van der Waals surface area contributed by atoms with Crippen LogP contribution in [0.2, 0.25) is 0 Å². The zero-order valence-corrected chi connectivity index (χ0v) is 14.3. The lowest BCUT2D eigenvalue weighted by Crippen LogP contribution is -2.22. The molecule has 0 unspecified atom stereocenters. The first kappa shape index (κ1) is 16.3. The van der Waals surface area contributed by atoms with E-state index in [1.165, 1.54) is 10.4 Å². The van der Waals surface area contributed by atoms with Gasteiger partial charge in [0.25, 0.3) is 0 Å². The molecule has 0 aliphatic heterocycles. The number of hydrogen-bond acceptors (Lipinski definition) is 4. The number of thiophene rings is 1. The summed E-state index contributed by atoms with van der Waals surface area (Å²) in [6.45, 7) is 12.3. The van der Waals surface area contributed by atoms with Crippen molar-refractivity contribution in [3.05, 3.63) is 45.5 Å². The zero-order valence-electron chi connectivity index (χ0n) is 13.5. The minimum absolute atomic E-state index is 0.494. The second-order valence-corrected chi connectivity index (χ2v) is 6.74. The van der Waals surface area contributed by atoms with E-state index in [2.05, 4.69) is 61.5 Å². The van der Waals surface area contributed by atoms with E-state index in [-0.39, 0.29) is 0 Å². The highest BCUT2D eigenvalue weighted by atomic mass is 32.1. The van der Waals surface area contributed by atoms with E-state index >= 15 is 0 Å². The third-order valence-electron chi connectivity index (χ3n) is 3.56. The quantitative estimate of drug-likeness (QED) is 0.793. The average Bonchev–Trinajstić information content (AvgIpc) is 3.05. The summed E-state index contributed by atoms with van der Waals surface area (Å²) in [7, 11) is 0. The molecule has 2 aromatic heterocycles. The van der Waals surface area contributed by atoms with Gasteiger partial charge in [0.1, 0.15) is 11.5 Å². The van der Waals surface area contributed by atoms with Crippen molar-refractivity contribution in [1.82, 2.24) is 10.2 Å². The molecule has 0 amide bonds. The maximum Gasteiger partial charge on any atom is 0.118 e. The van der Waals surface area contributed by atoms with Gasteiger partial charge in [-0.05, 0) is 31.0 Å². The van der Waals surface area contributed by atoms with Crippen LogP contribution in [0.15, 0.2) is 28.0 Å². The van der Waals surface area contributed by atoms with Gasteiger partial charge < -0.3 is 9.73 Å². The van der Waals surface area contributed by atoms with E-state index in [9.17, 15) is 0 Å².